The van der Waals surface area contributed by atoms with Crippen LogP contribution in [0.1, 0.15) is 25.2 Å². The summed E-state index contributed by atoms with van der Waals surface area (Å²) < 4.78 is 6.93. The van der Waals surface area contributed by atoms with E-state index in [4.69, 9.17) is 4.74 Å². The molecule has 0 saturated heterocycles. The molecule has 1 aromatic heterocycles. The Balaban J connectivity index is 1.85. The van der Waals surface area contributed by atoms with E-state index in [0.717, 1.165) is 0 Å². The zero-order valence-electron chi connectivity index (χ0n) is 12.9. The van der Waals surface area contributed by atoms with E-state index >= 15 is 0 Å². The van der Waals surface area contributed by atoms with Crippen molar-refractivity contribution in [1.82, 2.24) is 14.8 Å². The van der Waals surface area contributed by atoms with Gasteiger partial charge in [0.25, 0.3) is 0 Å². The summed E-state index contributed by atoms with van der Waals surface area (Å²) in [7, 11) is 0. The van der Waals surface area contributed by atoms with Gasteiger partial charge >= 0.3 is 0 Å². The Morgan fingerprint density at radius 1 is 1.48 bits per heavy atom. The van der Waals surface area contributed by atoms with Crippen molar-refractivity contribution < 1.29 is 14.3 Å². The molecule has 0 spiro atoms. The number of nitrogens with zero attached hydrogens (tertiary/aromatic N) is 3. The highest BCUT2D eigenvalue weighted by Crippen LogP contribution is 2.27. The van der Waals surface area contributed by atoms with Gasteiger partial charge in [-0.2, -0.15) is 10.1 Å². The number of nitrogens with one attached hydrogen (secondary N) is 2. The van der Waals surface area contributed by atoms with Crippen LogP contribution >= 0.6 is 0 Å². The van der Waals surface area contributed by atoms with Gasteiger partial charge < -0.3 is 10.1 Å². The van der Waals surface area contributed by atoms with Crippen molar-refractivity contribution in [3.05, 3.63) is 30.1 Å². The number of carbonyl (C=O) groups excluding carboxylic acids is 2. The number of ether oxygens (including phenoxy) is 1. The lowest BCUT2D eigenvalue weighted by atomic mass is 10.1. The number of amides is 2. The van der Waals surface area contributed by atoms with Crippen molar-refractivity contribution in [2.45, 2.75) is 26.3 Å². The molecule has 0 aliphatic carbocycles. The Labute approximate surface area is 132 Å². The fraction of sp³-hybridized carbons (Fsp3) is 0.333. The van der Waals surface area contributed by atoms with Crippen LogP contribution in [0.2, 0.25) is 0 Å². The van der Waals surface area contributed by atoms with Crippen LogP contribution in [0.5, 0.6) is 5.75 Å². The molecule has 2 N–H and O–H groups in total. The van der Waals surface area contributed by atoms with E-state index in [0.29, 0.717) is 23.9 Å². The average molecular weight is 315 g/mol. The zero-order chi connectivity index (χ0) is 16.4. The Morgan fingerprint density at radius 3 is 3.04 bits per heavy atom. The molecular weight excluding hydrogens is 298 g/mol. The number of aromatic nitrogens is 3. The first-order valence-corrected chi connectivity index (χ1v) is 7.34. The number of carbonyl (C=O) groups is 2. The molecule has 1 aromatic carbocycles. The number of aryl methyl sites for hydroxylation is 1. The Morgan fingerprint density at radius 2 is 2.26 bits per heavy atom. The third-order valence-corrected chi connectivity index (χ3v) is 3.41. The van der Waals surface area contributed by atoms with Crippen LogP contribution in [0.3, 0.4) is 0 Å². The van der Waals surface area contributed by atoms with Gasteiger partial charge in [-0.25, -0.2) is 4.68 Å². The minimum absolute atomic E-state index is 0.0123. The van der Waals surface area contributed by atoms with E-state index < -0.39 is 6.04 Å². The molecule has 0 fully saturated rings. The predicted octanol–water partition coefficient (Wildman–Crippen LogP) is 1.51. The second kappa shape index (κ2) is 6.07. The van der Waals surface area contributed by atoms with Crippen LogP contribution in [-0.2, 0) is 9.59 Å². The van der Waals surface area contributed by atoms with E-state index in [1.807, 2.05) is 13.0 Å². The number of hydrogen-bond acceptors (Lipinski definition) is 5. The molecule has 2 heterocycles. The van der Waals surface area contributed by atoms with E-state index in [9.17, 15) is 9.59 Å². The molecule has 0 saturated carbocycles. The summed E-state index contributed by atoms with van der Waals surface area (Å²) in [5.74, 6) is 0.770. The van der Waals surface area contributed by atoms with E-state index in [1.165, 1.54) is 4.68 Å². The van der Waals surface area contributed by atoms with Gasteiger partial charge in [0.1, 0.15) is 17.6 Å². The molecule has 0 radical (unpaired) electrons. The molecule has 8 nitrogen and oxygen atoms in total. The molecule has 120 valence electrons. The molecular formula is C15H17N5O3. The second-order valence-electron chi connectivity index (χ2n) is 5.11. The van der Waals surface area contributed by atoms with Crippen molar-refractivity contribution in [2.75, 3.05) is 17.2 Å². The van der Waals surface area contributed by atoms with Gasteiger partial charge in [0.15, 0.2) is 0 Å². The average Bonchev–Trinajstić information content (AvgIpc) is 2.88. The lowest BCUT2D eigenvalue weighted by Crippen LogP contribution is -2.36. The Kier molecular flexibility index (Phi) is 3.96. The highest BCUT2D eigenvalue weighted by atomic mass is 16.5. The van der Waals surface area contributed by atoms with Crippen LogP contribution < -0.4 is 15.4 Å². The van der Waals surface area contributed by atoms with Gasteiger partial charge in [-0.15, -0.1) is 0 Å². The maximum atomic E-state index is 12.6. The van der Waals surface area contributed by atoms with Gasteiger partial charge in [0.05, 0.1) is 18.7 Å². The fourth-order valence-corrected chi connectivity index (χ4v) is 2.44. The summed E-state index contributed by atoms with van der Waals surface area (Å²) in [5.41, 5.74) is 0.559. The van der Waals surface area contributed by atoms with Crippen molar-refractivity contribution in [3.63, 3.8) is 0 Å². The third-order valence-electron chi connectivity index (χ3n) is 3.41. The van der Waals surface area contributed by atoms with Crippen LogP contribution in [0.4, 0.5) is 11.6 Å². The summed E-state index contributed by atoms with van der Waals surface area (Å²) >= 11 is 0. The van der Waals surface area contributed by atoms with Crippen LogP contribution in [-0.4, -0.2) is 33.2 Å². The third kappa shape index (κ3) is 3.01. The molecule has 1 atom stereocenters. The molecule has 8 heteroatoms. The number of rotatable bonds is 4. The largest absolute Gasteiger partial charge is 0.492 e. The molecule has 0 bridgehead atoms. The highest BCUT2D eigenvalue weighted by Gasteiger charge is 2.32. The van der Waals surface area contributed by atoms with Gasteiger partial charge in [-0.05, 0) is 26.0 Å². The van der Waals surface area contributed by atoms with Gasteiger partial charge in [-0.3, -0.25) is 14.9 Å². The van der Waals surface area contributed by atoms with Crippen molar-refractivity contribution in [3.8, 4) is 5.75 Å². The monoisotopic (exact) mass is 315 g/mol. The quantitative estimate of drug-likeness (QED) is 0.891. The van der Waals surface area contributed by atoms with Crippen LogP contribution in [0.15, 0.2) is 24.3 Å². The molecule has 3 rings (SSSR count). The smallest absolute Gasteiger partial charge is 0.250 e. The zero-order valence-corrected chi connectivity index (χ0v) is 12.9. The highest BCUT2D eigenvalue weighted by molar-refractivity contribution is 6.01. The number of hydrogen-bond donors (Lipinski definition) is 2. The maximum absolute atomic E-state index is 12.6. The maximum Gasteiger partial charge on any atom is 0.250 e. The van der Waals surface area contributed by atoms with E-state index in [2.05, 4.69) is 20.7 Å². The number of para-hydroxylation sites is 2. The molecule has 1 aliphatic rings. The van der Waals surface area contributed by atoms with Gasteiger partial charge in [0.2, 0.25) is 17.8 Å². The minimum Gasteiger partial charge on any atom is -0.492 e. The minimum atomic E-state index is -0.741. The van der Waals surface area contributed by atoms with Gasteiger partial charge in [0, 0.05) is 0 Å². The second-order valence-corrected chi connectivity index (χ2v) is 5.11. The molecule has 2 aromatic rings. The Bertz CT molecular complexity index is 755. The summed E-state index contributed by atoms with van der Waals surface area (Å²) in [5, 5.41) is 9.60. The fourth-order valence-electron chi connectivity index (χ4n) is 2.44. The predicted molar refractivity (Wildman–Crippen MR) is 83.3 cm³/mol. The summed E-state index contributed by atoms with van der Waals surface area (Å²) in [6.45, 7) is 4.07. The molecule has 2 amide bonds. The number of benzene rings is 1. The SMILES string of the molecule is CCOc1ccccc1NC(=O)[C@H]1CC(=O)Nc2nc(C)nn21. The normalized spacial score (nSPS) is 16.4. The number of anilines is 2. The first-order chi connectivity index (χ1) is 11.1. The summed E-state index contributed by atoms with van der Waals surface area (Å²) in [6, 6.07) is 6.41. The first kappa shape index (κ1) is 15.0. The summed E-state index contributed by atoms with van der Waals surface area (Å²) in [4.78, 5) is 28.5. The lowest BCUT2D eigenvalue weighted by Gasteiger charge is -2.23. The van der Waals surface area contributed by atoms with Crippen LogP contribution in [0, 0.1) is 6.92 Å². The van der Waals surface area contributed by atoms with E-state index in [1.54, 1.807) is 25.1 Å². The lowest BCUT2D eigenvalue weighted by molar-refractivity contribution is -0.125. The first-order valence-electron chi connectivity index (χ1n) is 7.34. The van der Waals surface area contributed by atoms with Gasteiger partial charge in [-0.1, -0.05) is 12.1 Å². The van der Waals surface area contributed by atoms with Crippen molar-refractivity contribution in [1.29, 1.82) is 0 Å². The van der Waals surface area contributed by atoms with E-state index in [-0.39, 0.29) is 24.2 Å². The van der Waals surface area contributed by atoms with Crippen molar-refractivity contribution in [2.24, 2.45) is 0 Å². The topological polar surface area (TPSA) is 98.1 Å². The Hall–Kier alpha value is -2.90. The molecule has 23 heavy (non-hydrogen) atoms. The molecule has 0 unspecified atom stereocenters. The summed E-state index contributed by atoms with van der Waals surface area (Å²) in [6.07, 6.45) is 0.0123. The van der Waals surface area contributed by atoms with Crippen molar-refractivity contribution >= 4 is 23.5 Å². The number of fused-ring (bicyclic) bond motifs is 1. The standard InChI is InChI=1S/C15H17N5O3/c1-3-23-12-7-5-4-6-10(12)17-14(22)11-8-13(21)18-15-16-9(2)19-20(11)15/h4-7,11H,3,8H2,1-2H3,(H,17,22)(H,16,18,19,21)/t11-/m1/s1. The van der Waals surface area contributed by atoms with Crippen LogP contribution in [0.25, 0.3) is 0 Å². The molecule has 1 aliphatic heterocycles.